The van der Waals surface area contributed by atoms with Crippen LogP contribution < -0.4 is 10.6 Å². The molecule has 0 saturated heterocycles. The fourth-order valence-electron chi connectivity index (χ4n) is 1.91. The molecule has 1 aromatic carbocycles. The van der Waals surface area contributed by atoms with Crippen molar-refractivity contribution < 1.29 is 9.53 Å². The Balaban J connectivity index is 2.21. The number of nitrogens with zero attached hydrogens (tertiary/aromatic N) is 1. The average Bonchev–Trinajstić information content (AvgIpc) is 2.63. The number of hydrogen-bond donors (Lipinski definition) is 1. The third-order valence-corrected chi connectivity index (χ3v) is 2.71. The molecule has 0 amide bonds. The number of nitrogens with two attached hydrogens (primary N) is 1. The Hall–Kier alpha value is -1.71. The maximum absolute atomic E-state index is 11.2. The van der Waals surface area contributed by atoms with E-state index in [1.807, 2.05) is 23.1 Å². The van der Waals surface area contributed by atoms with Gasteiger partial charge in [-0.1, -0.05) is 6.07 Å². The lowest BCUT2D eigenvalue weighted by atomic mass is 10.1. The van der Waals surface area contributed by atoms with Crippen molar-refractivity contribution in [2.75, 3.05) is 30.8 Å². The van der Waals surface area contributed by atoms with Crippen LogP contribution in [0.25, 0.3) is 0 Å². The molecule has 4 nitrogen and oxygen atoms in total. The van der Waals surface area contributed by atoms with Gasteiger partial charge in [0.1, 0.15) is 6.54 Å². The molecule has 80 valence electrons. The van der Waals surface area contributed by atoms with Crippen LogP contribution in [0, 0.1) is 0 Å². The Morgan fingerprint density at radius 1 is 1.60 bits per heavy atom. The number of benzene rings is 1. The second-order valence-corrected chi connectivity index (χ2v) is 3.59. The lowest BCUT2D eigenvalue weighted by molar-refractivity contribution is -0.138. The molecule has 4 heteroatoms. The summed E-state index contributed by atoms with van der Waals surface area (Å²) in [5.74, 6) is -0.217. The first-order chi connectivity index (χ1) is 7.22. The number of methoxy groups -OCH3 is 1. The lowest BCUT2D eigenvalue weighted by Gasteiger charge is -2.17. The van der Waals surface area contributed by atoms with Gasteiger partial charge in [-0.15, -0.1) is 0 Å². The number of esters is 1. The standard InChI is InChI=1S/C11H14N2O2/c1-15-11(14)7-13-6-5-8-9(12)3-2-4-10(8)13/h2-4H,5-7,12H2,1H3. The highest BCUT2D eigenvalue weighted by Crippen LogP contribution is 2.31. The summed E-state index contributed by atoms with van der Waals surface area (Å²) in [6.45, 7) is 1.13. The van der Waals surface area contributed by atoms with E-state index in [1.165, 1.54) is 7.11 Å². The number of hydrogen-bond acceptors (Lipinski definition) is 4. The molecular weight excluding hydrogens is 192 g/mol. The predicted octanol–water partition coefficient (Wildman–Crippen LogP) is 0.804. The number of ether oxygens (including phenoxy) is 1. The van der Waals surface area contributed by atoms with Crippen LogP contribution in [0.1, 0.15) is 5.56 Å². The molecule has 1 aliphatic heterocycles. The van der Waals surface area contributed by atoms with Crippen LogP contribution in [0.15, 0.2) is 18.2 Å². The Bertz CT molecular complexity index is 390. The Morgan fingerprint density at radius 2 is 2.40 bits per heavy atom. The van der Waals surface area contributed by atoms with Crippen molar-refractivity contribution in [3.05, 3.63) is 23.8 Å². The molecule has 0 spiro atoms. The first-order valence-corrected chi connectivity index (χ1v) is 4.91. The van der Waals surface area contributed by atoms with Crippen LogP contribution in [-0.4, -0.2) is 26.2 Å². The first-order valence-electron chi connectivity index (χ1n) is 4.91. The molecule has 0 radical (unpaired) electrons. The number of rotatable bonds is 2. The van der Waals surface area contributed by atoms with Crippen molar-refractivity contribution in [3.8, 4) is 0 Å². The summed E-state index contributed by atoms with van der Waals surface area (Å²) in [6.07, 6.45) is 0.902. The first kappa shape index (κ1) is 9.83. The number of fused-ring (bicyclic) bond motifs is 1. The minimum Gasteiger partial charge on any atom is -0.468 e. The summed E-state index contributed by atoms with van der Waals surface area (Å²) in [5.41, 5.74) is 8.86. The third kappa shape index (κ3) is 1.75. The van der Waals surface area contributed by atoms with Crippen molar-refractivity contribution in [1.29, 1.82) is 0 Å². The zero-order chi connectivity index (χ0) is 10.8. The fourth-order valence-corrected chi connectivity index (χ4v) is 1.91. The molecule has 1 heterocycles. The van der Waals surface area contributed by atoms with E-state index in [-0.39, 0.29) is 5.97 Å². The van der Waals surface area contributed by atoms with E-state index in [4.69, 9.17) is 5.73 Å². The van der Waals surface area contributed by atoms with Crippen LogP contribution in [0.3, 0.4) is 0 Å². The van der Waals surface area contributed by atoms with E-state index in [2.05, 4.69) is 4.74 Å². The summed E-state index contributed by atoms with van der Waals surface area (Å²) >= 11 is 0. The van der Waals surface area contributed by atoms with Crippen molar-refractivity contribution in [3.63, 3.8) is 0 Å². The smallest absolute Gasteiger partial charge is 0.325 e. The lowest BCUT2D eigenvalue weighted by Crippen LogP contribution is -2.28. The van der Waals surface area contributed by atoms with Crippen molar-refractivity contribution in [2.45, 2.75) is 6.42 Å². The second kappa shape index (κ2) is 3.81. The maximum atomic E-state index is 11.2. The third-order valence-electron chi connectivity index (χ3n) is 2.71. The number of anilines is 2. The van der Waals surface area contributed by atoms with Crippen molar-refractivity contribution >= 4 is 17.3 Å². The molecule has 15 heavy (non-hydrogen) atoms. The number of nitrogen functional groups attached to an aromatic ring is 1. The van der Waals surface area contributed by atoms with Crippen molar-refractivity contribution in [2.24, 2.45) is 0 Å². The maximum Gasteiger partial charge on any atom is 0.325 e. The summed E-state index contributed by atoms with van der Waals surface area (Å²) in [5, 5.41) is 0. The van der Waals surface area contributed by atoms with Crippen molar-refractivity contribution in [1.82, 2.24) is 0 Å². The van der Waals surface area contributed by atoms with Gasteiger partial charge >= 0.3 is 5.97 Å². The SMILES string of the molecule is COC(=O)CN1CCc2c(N)cccc21. The molecule has 2 rings (SSSR count). The van der Waals surface area contributed by atoms with Gasteiger partial charge in [0.2, 0.25) is 0 Å². The van der Waals surface area contributed by atoms with E-state index >= 15 is 0 Å². The second-order valence-electron chi connectivity index (χ2n) is 3.59. The van der Waals surface area contributed by atoms with Gasteiger partial charge in [0.05, 0.1) is 7.11 Å². The van der Waals surface area contributed by atoms with Gasteiger partial charge in [-0.3, -0.25) is 4.79 Å². The minimum atomic E-state index is -0.217. The zero-order valence-electron chi connectivity index (χ0n) is 8.69. The molecule has 0 unspecified atom stereocenters. The highest BCUT2D eigenvalue weighted by atomic mass is 16.5. The molecular formula is C11H14N2O2. The zero-order valence-corrected chi connectivity index (χ0v) is 8.69. The Labute approximate surface area is 88.6 Å². The highest BCUT2D eigenvalue weighted by molar-refractivity contribution is 5.78. The number of carbonyl (C=O) groups is 1. The van der Waals surface area contributed by atoms with E-state index in [1.54, 1.807) is 0 Å². The molecule has 1 aromatic rings. The fraction of sp³-hybridized carbons (Fsp3) is 0.364. The molecule has 2 N–H and O–H groups in total. The largest absolute Gasteiger partial charge is 0.468 e. The van der Waals surface area contributed by atoms with Crippen LogP contribution in [-0.2, 0) is 16.0 Å². The van der Waals surface area contributed by atoms with E-state index in [9.17, 15) is 4.79 Å². The summed E-state index contributed by atoms with van der Waals surface area (Å²) in [7, 11) is 1.40. The summed E-state index contributed by atoms with van der Waals surface area (Å²) in [6, 6.07) is 5.78. The molecule has 0 saturated carbocycles. The van der Waals surface area contributed by atoms with Crippen LogP contribution in [0.2, 0.25) is 0 Å². The predicted molar refractivity (Wildman–Crippen MR) is 58.8 cm³/mol. The van der Waals surface area contributed by atoms with Crippen LogP contribution in [0.4, 0.5) is 11.4 Å². The van der Waals surface area contributed by atoms with Gasteiger partial charge in [-0.05, 0) is 18.6 Å². The summed E-state index contributed by atoms with van der Waals surface area (Å²) < 4.78 is 4.65. The van der Waals surface area contributed by atoms with Gasteiger partial charge < -0.3 is 15.4 Å². The molecule has 0 bridgehead atoms. The molecule has 0 fully saturated rings. The Kier molecular flexibility index (Phi) is 2.49. The normalized spacial score (nSPS) is 13.8. The number of carbonyl (C=O) groups excluding carboxylic acids is 1. The molecule has 0 aliphatic carbocycles. The van der Waals surface area contributed by atoms with Gasteiger partial charge in [-0.2, -0.15) is 0 Å². The topological polar surface area (TPSA) is 55.6 Å². The van der Waals surface area contributed by atoms with Gasteiger partial charge in [0.15, 0.2) is 0 Å². The highest BCUT2D eigenvalue weighted by Gasteiger charge is 2.22. The van der Waals surface area contributed by atoms with Crippen LogP contribution >= 0.6 is 0 Å². The molecule has 0 aromatic heterocycles. The summed E-state index contributed by atoms with van der Waals surface area (Å²) in [4.78, 5) is 13.2. The molecule has 0 atom stereocenters. The van der Waals surface area contributed by atoms with E-state index in [0.29, 0.717) is 6.54 Å². The minimum absolute atomic E-state index is 0.217. The average molecular weight is 206 g/mol. The van der Waals surface area contributed by atoms with Gasteiger partial charge in [0, 0.05) is 23.5 Å². The Morgan fingerprint density at radius 3 is 3.13 bits per heavy atom. The quantitative estimate of drug-likeness (QED) is 0.574. The molecule has 1 aliphatic rings. The van der Waals surface area contributed by atoms with Gasteiger partial charge in [-0.25, -0.2) is 0 Å². The monoisotopic (exact) mass is 206 g/mol. The van der Waals surface area contributed by atoms with E-state index in [0.717, 1.165) is 29.9 Å². The van der Waals surface area contributed by atoms with Gasteiger partial charge in [0.25, 0.3) is 0 Å². The van der Waals surface area contributed by atoms with Crippen LogP contribution in [0.5, 0.6) is 0 Å². The van der Waals surface area contributed by atoms with E-state index < -0.39 is 0 Å².